The third-order valence-corrected chi connectivity index (χ3v) is 4.86. The van der Waals surface area contributed by atoms with Crippen molar-refractivity contribution in [1.82, 2.24) is 4.90 Å². The molecule has 2 nitrogen and oxygen atoms in total. The molecule has 1 aliphatic heterocycles. The third kappa shape index (κ3) is 2.85. The van der Waals surface area contributed by atoms with E-state index < -0.39 is 0 Å². The number of nitrogens with zero attached hydrogens (tertiary/aromatic N) is 1. The molecular formula is C17H26N2. The van der Waals surface area contributed by atoms with Crippen molar-refractivity contribution in [2.45, 2.75) is 44.1 Å². The molecule has 3 rings (SSSR count). The Labute approximate surface area is 117 Å². The number of likely N-dealkylation sites (tertiary alicyclic amines) is 1. The number of rotatable bonds is 3. The van der Waals surface area contributed by atoms with Crippen molar-refractivity contribution in [3.8, 4) is 0 Å². The van der Waals surface area contributed by atoms with Crippen LogP contribution >= 0.6 is 0 Å². The standard InChI is InChI=1S/C17H26N2/c1-19-10-3-2-5-16(12-18)17(19)15-7-4-6-14(11-15)13-8-9-13/h4,6-7,11,13,16-17H,2-3,5,8-10,12,18H2,1H3. The molecule has 2 unspecified atom stereocenters. The number of nitrogens with two attached hydrogens (primary N) is 1. The highest BCUT2D eigenvalue weighted by Gasteiger charge is 2.29. The molecule has 1 aliphatic carbocycles. The van der Waals surface area contributed by atoms with Gasteiger partial charge in [-0.3, -0.25) is 4.90 Å². The summed E-state index contributed by atoms with van der Waals surface area (Å²) in [4.78, 5) is 2.52. The average molecular weight is 258 g/mol. The minimum absolute atomic E-state index is 0.520. The molecule has 2 heteroatoms. The molecule has 2 fully saturated rings. The van der Waals surface area contributed by atoms with Crippen molar-refractivity contribution in [1.29, 1.82) is 0 Å². The zero-order valence-electron chi connectivity index (χ0n) is 12.0. The van der Waals surface area contributed by atoms with E-state index in [4.69, 9.17) is 5.73 Å². The lowest BCUT2D eigenvalue weighted by molar-refractivity contribution is 0.196. The molecule has 1 aromatic rings. The van der Waals surface area contributed by atoms with E-state index in [1.165, 1.54) is 44.2 Å². The summed E-state index contributed by atoms with van der Waals surface area (Å²) in [5.74, 6) is 1.45. The Kier molecular flexibility index (Phi) is 3.90. The van der Waals surface area contributed by atoms with Gasteiger partial charge in [-0.25, -0.2) is 0 Å². The Morgan fingerprint density at radius 1 is 1.16 bits per heavy atom. The topological polar surface area (TPSA) is 29.3 Å². The Morgan fingerprint density at radius 3 is 2.68 bits per heavy atom. The van der Waals surface area contributed by atoms with Gasteiger partial charge in [0.15, 0.2) is 0 Å². The highest BCUT2D eigenvalue weighted by molar-refractivity contribution is 5.31. The second-order valence-corrected chi connectivity index (χ2v) is 6.36. The maximum atomic E-state index is 6.05. The third-order valence-electron chi connectivity index (χ3n) is 4.86. The highest BCUT2D eigenvalue weighted by Crippen LogP contribution is 2.42. The van der Waals surface area contributed by atoms with Gasteiger partial charge in [0.05, 0.1) is 0 Å². The molecular weight excluding hydrogens is 232 g/mol. The van der Waals surface area contributed by atoms with E-state index in [0.29, 0.717) is 12.0 Å². The van der Waals surface area contributed by atoms with Crippen molar-refractivity contribution < 1.29 is 0 Å². The molecule has 2 aliphatic rings. The number of benzene rings is 1. The number of hydrogen-bond acceptors (Lipinski definition) is 2. The normalized spacial score (nSPS) is 29.2. The van der Waals surface area contributed by atoms with E-state index in [1.807, 2.05) is 0 Å². The van der Waals surface area contributed by atoms with Crippen LogP contribution in [0, 0.1) is 5.92 Å². The van der Waals surface area contributed by atoms with Crippen LogP contribution in [0.1, 0.15) is 55.2 Å². The van der Waals surface area contributed by atoms with Gasteiger partial charge in [-0.15, -0.1) is 0 Å². The molecule has 104 valence electrons. The molecule has 0 aromatic heterocycles. The van der Waals surface area contributed by atoms with Crippen LogP contribution in [0.15, 0.2) is 24.3 Å². The minimum Gasteiger partial charge on any atom is -0.330 e. The fraction of sp³-hybridized carbons (Fsp3) is 0.647. The highest BCUT2D eigenvalue weighted by atomic mass is 15.1. The van der Waals surface area contributed by atoms with Gasteiger partial charge < -0.3 is 5.73 Å². The van der Waals surface area contributed by atoms with Gasteiger partial charge >= 0.3 is 0 Å². The van der Waals surface area contributed by atoms with Crippen LogP contribution in [0.3, 0.4) is 0 Å². The minimum atomic E-state index is 0.520. The molecule has 1 aromatic carbocycles. The van der Waals surface area contributed by atoms with E-state index in [1.54, 1.807) is 5.56 Å². The molecule has 1 saturated heterocycles. The Hall–Kier alpha value is -0.860. The van der Waals surface area contributed by atoms with Crippen LogP contribution in [-0.4, -0.2) is 25.0 Å². The fourth-order valence-corrected chi connectivity index (χ4v) is 3.61. The average Bonchev–Trinajstić information content (AvgIpc) is 3.26. The first-order chi connectivity index (χ1) is 9.29. The zero-order chi connectivity index (χ0) is 13.2. The lowest BCUT2D eigenvalue weighted by Gasteiger charge is -2.32. The summed E-state index contributed by atoms with van der Waals surface area (Å²) in [6.07, 6.45) is 6.67. The second kappa shape index (κ2) is 5.64. The predicted molar refractivity (Wildman–Crippen MR) is 80.2 cm³/mol. The van der Waals surface area contributed by atoms with Gasteiger partial charge in [0.25, 0.3) is 0 Å². The summed E-state index contributed by atoms with van der Waals surface area (Å²) in [5, 5.41) is 0. The first-order valence-corrected chi connectivity index (χ1v) is 7.79. The quantitative estimate of drug-likeness (QED) is 0.901. The van der Waals surface area contributed by atoms with Gasteiger partial charge in [0.1, 0.15) is 0 Å². The van der Waals surface area contributed by atoms with Crippen molar-refractivity contribution in [2.24, 2.45) is 11.7 Å². The Bertz CT molecular complexity index is 425. The van der Waals surface area contributed by atoms with Gasteiger partial charge in [0.2, 0.25) is 0 Å². The van der Waals surface area contributed by atoms with E-state index in [-0.39, 0.29) is 0 Å². The monoisotopic (exact) mass is 258 g/mol. The van der Waals surface area contributed by atoms with Crippen LogP contribution in [0.25, 0.3) is 0 Å². The maximum Gasteiger partial charge on any atom is 0.0385 e. The summed E-state index contributed by atoms with van der Waals surface area (Å²) in [7, 11) is 2.27. The van der Waals surface area contributed by atoms with Crippen LogP contribution < -0.4 is 5.73 Å². The second-order valence-electron chi connectivity index (χ2n) is 6.36. The molecule has 1 saturated carbocycles. The van der Waals surface area contributed by atoms with E-state index >= 15 is 0 Å². The van der Waals surface area contributed by atoms with Crippen molar-refractivity contribution in [2.75, 3.05) is 20.1 Å². The van der Waals surface area contributed by atoms with Crippen LogP contribution in [0.2, 0.25) is 0 Å². The Balaban J connectivity index is 1.89. The molecule has 0 radical (unpaired) electrons. The van der Waals surface area contributed by atoms with Gasteiger partial charge in [-0.2, -0.15) is 0 Å². The molecule has 0 spiro atoms. The first-order valence-electron chi connectivity index (χ1n) is 7.79. The predicted octanol–water partition coefficient (Wildman–Crippen LogP) is 3.30. The van der Waals surface area contributed by atoms with Crippen LogP contribution in [-0.2, 0) is 0 Å². The molecule has 0 bridgehead atoms. The summed E-state index contributed by atoms with van der Waals surface area (Å²) in [6.45, 7) is 2.01. The summed E-state index contributed by atoms with van der Waals surface area (Å²) in [5.41, 5.74) is 9.08. The molecule has 1 heterocycles. The largest absolute Gasteiger partial charge is 0.330 e. The maximum absolute atomic E-state index is 6.05. The lowest BCUT2D eigenvalue weighted by Crippen LogP contribution is -2.33. The summed E-state index contributed by atoms with van der Waals surface area (Å²) < 4.78 is 0. The zero-order valence-corrected chi connectivity index (χ0v) is 12.0. The molecule has 2 atom stereocenters. The van der Waals surface area contributed by atoms with Crippen molar-refractivity contribution >= 4 is 0 Å². The first kappa shape index (κ1) is 13.1. The van der Waals surface area contributed by atoms with Crippen LogP contribution in [0.4, 0.5) is 0 Å². The van der Waals surface area contributed by atoms with E-state index in [9.17, 15) is 0 Å². The van der Waals surface area contributed by atoms with Gasteiger partial charge in [-0.1, -0.05) is 30.7 Å². The smallest absolute Gasteiger partial charge is 0.0385 e. The fourth-order valence-electron chi connectivity index (χ4n) is 3.61. The van der Waals surface area contributed by atoms with Crippen LogP contribution in [0.5, 0.6) is 0 Å². The molecule has 2 N–H and O–H groups in total. The van der Waals surface area contributed by atoms with E-state index in [2.05, 4.69) is 36.2 Å². The lowest BCUT2D eigenvalue weighted by atomic mass is 9.88. The van der Waals surface area contributed by atoms with E-state index in [0.717, 1.165) is 12.5 Å². The van der Waals surface area contributed by atoms with Crippen molar-refractivity contribution in [3.63, 3.8) is 0 Å². The summed E-state index contributed by atoms with van der Waals surface area (Å²) in [6, 6.07) is 9.82. The molecule has 19 heavy (non-hydrogen) atoms. The SMILES string of the molecule is CN1CCCCC(CN)C1c1cccc(C2CC2)c1. The van der Waals surface area contributed by atoms with Crippen molar-refractivity contribution in [3.05, 3.63) is 35.4 Å². The number of hydrogen-bond donors (Lipinski definition) is 1. The summed E-state index contributed by atoms with van der Waals surface area (Å²) >= 11 is 0. The molecule has 0 amide bonds. The van der Waals surface area contributed by atoms with Gasteiger partial charge in [-0.05, 0) is 68.8 Å². The Morgan fingerprint density at radius 2 is 1.95 bits per heavy atom. The van der Waals surface area contributed by atoms with Gasteiger partial charge in [0, 0.05) is 6.04 Å².